The Hall–Kier alpha value is -4.14. The number of nitro benzene ring substituents is 1. The highest BCUT2D eigenvalue weighted by Crippen LogP contribution is 2.65. The Labute approximate surface area is 199 Å². The molecule has 7 rings (SSSR count). The van der Waals surface area contributed by atoms with E-state index in [0.29, 0.717) is 11.8 Å². The van der Waals surface area contributed by atoms with Gasteiger partial charge in [0.05, 0.1) is 28.0 Å². The van der Waals surface area contributed by atoms with Crippen molar-refractivity contribution in [3.05, 3.63) is 81.9 Å². The molecule has 6 unspecified atom stereocenters. The number of benzene rings is 2. The molecule has 6 atom stereocenters. The highest BCUT2D eigenvalue weighted by Gasteiger charge is 2.67. The summed E-state index contributed by atoms with van der Waals surface area (Å²) in [7, 11) is 0. The maximum absolute atomic E-state index is 13.4. The fraction of sp³-hybridized carbons (Fsp3) is 0.308. The van der Waals surface area contributed by atoms with Crippen molar-refractivity contribution in [1.29, 1.82) is 0 Å². The van der Waals surface area contributed by atoms with Gasteiger partial charge in [-0.05, 0) is 42.2 Å². The number of ether oxygens (including phenoxy) is 1. The minimum Gasteiger partial charge on any atom is -0.454 e. The van der Waals surface area contributed by atoms with E-state index in [0.717, 1.165) is 17.4 Å². The second kappa shape index (κ2) is 7.69. The average Bonchev–Trinajstić information content (AvgIpc) is 3.65. The van der Waals surface area contributed by atoms with Crippen molar-refractivity contribution in [2.75, 3.05) is 11.5 Å². The molecule has 0 spiro atoms. The van der Waals surface area contributed by atoms with Gasteiger partial charge in [0.25, 0.3) is 5.69 Å². The molecule has 2 bridgehead atoms. The topological polar surface area (TPSA) is 124 Å². The number of esters is 1. The lowest BCUT2D eigenvalue weighted by Gasteiger charge is -2.37. The number of hydrogen-bond acceptors (Lipinski definition) is 7. The van der Waals surface area contributed by atoms with Crippen LogP contribution in [0.5, 0.6) is 0 Å². The quantitative estimate of drug-likeness (QED) is 0.158. The average molecular weight is 472 g/mol. The van der Waals surface area contributed by atoms with Gasteiger partial charge in [-0.2, -0.15) is 0 Å². The zero-order valence-corrected chi connectivity index (χ0v) is 18.4. The number of nitrogens with zero attached hydrogens (tertiary/aromatic N) is 2. The molecular weight excluding hydrogens is 452 g/mol. The molecule has 2 amide bonds. The molecule has 1 aliphatic heterocycles. The van der Waals surface area contributed by atoms with E-state index >= 15 is 0 Å². The number of para-hydroxylation sites is 1. The minimum atomic E-state index is -0.862. The third kappa shape index (κ3) is 3.22. The standard InChI is InChI=1S/C26H20N2O7/c29-21(13-4-3-5-14(10-13)28(33)34)12-35-26(32)17-6-1-2-7-20(17)27-24(30)22-15-8-9-16(19-11-18(15)19)23(22)25(27)31/h1-10,15-16,18-19,22-23H,11-12H2. The van der Waals surface area contributed by atoms with Gasteiger partial charge in [0.1, 0.15) is 0 Å². The third-order valence-electron chi connectivity index (χ3n) is 7.74. The summed E-state index contributed by atoms with van der Waals surface area (Å²) < 4.78 is 5.19. The summed E-state index contributed by atoms with van der Waals surface area (Å²) in [6, 6.07) is 11.3. The number of Topliss-reactive ketones (excluding diaryl/α,β-unsaturated/α-hetero) is 1. The highest BCUT2D eigenvalue weighted by molar-refractivity contribution is 6.24. The lowest BCUT2D eigenvalue weighted by atomic mass is 9.63. The highest BCUT2D eigenvalue weighted by atomic mass is 16.6. The Bertz CT molecular complexity index is 1310. The molecule has 9 nitrogen and oxygen atoms in total. The van der Waals surface area contributed by atoms with Crippen molar-refractivity contribution < 1.29 is 28.8 Å². The van der Waals surface area contributed by atoms with Crippen LogP contribution in [-0.2, 0) is 14.3 Å². The SMILES string of the molecule is O=C(COC(=O)c1ccccc1N1C(=O)C2C3C=CC(C4CC34)C2C1=O)c1cccc([N+](=O)[O-])c1. The van der Waals surface area contributed by atoms with Gasteiger partial charge in [0.15, 0.2) is 6.61 Å². The molecule has 9 heteroatoms. The van der Waals surface area contributed by atoms with Crippen LogP contribution < -0.4 is 4.90 Å². The third-order valence-corrected chi connectivity index (χ3v) is 7.74. The predicted octanol–water partition coefficient (Wildman–Crippen LogP) is 3.19. The number of nitro groups is 1. The van der Waals surface area contributed by atoms with E-state index in [-0.39, 0.29) is 46.2 Å². The van der Waals surface area contributed by atoms with Crippen LogP contribution in [0.2, 0.25) is 0 Å². The van der Waals surface area contributed by atoms with Gasteiger partial charge in [-0.1, -0.05) is 36.4 Å². The van der Waals surface area contributed by atoms with Crippen molar-refractivity contribution in [3.63, 3.8) is 0 Å². The van der Waals surface area contributed by atoms with Gasteiger partial charge in [0, 0.05) is 17.7 Å². The zero-order chi connectivity index (χ0) is 24.4. The number of carbonyl (C=O) groups is 4. The van der Waals surface area contributed by atoms with E-state index in [2.05, 4.69) is 12.2 Å². The molecule has 3 fully saturated rings. The van der Waals surface area contributed by atoms with Crippen LogP contribution in [0, 0.1) is 45.6 Å². The Morgan fingerprint density at radius 3 is 2.29 bits per heavy atom. The first-order valence-corrected chi connectivity index (χ1v) is 11.5. The Morgan fingerprint density at radius 1 is 0.971 bits per heavy atom. The van der Waals surface area contributed by atoms with E-state index in [1.54, 1.807) is 12.1 Å². The molecule has 2 aromatic carbocycles. The molecule has 0 aromatic heterocycles. The van der Waals surface area contributed by atoms with Crippen LogP contribution in [0.3, 0.4) is 0 Å². The maximum Gasteiger partial charge on any atom is 0.340 e. The molecule has 1 saturated heterocycles. The number of non-ortho nitro benzene ring substituents is 1. The van der Waals surface area contributed by atoms with E-state index in [1.165, 1.54) is 30.3 Å². The molecule has 1 heterocycles. The van der Waals surface area contributed by atoms with Crippen molar-refractivity contribution in [2.24, 2.45) is 35.5 Å². The van der Waals surface area contributed by atoms with Gasteiger partial charge in [-0.15, -0.1) is 0 Å². The predicted molar refractivity (Wildman–Crippen MR) is 121 cm³/mol. The normalized spacial score (nSPS) is 29.5. The summed E-state index contributed by atoms with van der Waals surface area (Å²) in [4.78, 5) is 63.7. The largest absolute Gasteiger partial charge is 0.454 e. The zero-order valence-electron chi connectivity index (χ0n) is 18.4. The summed E-state index contributed by atoms with van der Waals surface area (Å²) in [6.45, 7) is -0.640. The molecule has 35 heavy (non-hydrogen) atoms. The first-order chi connectivity index (χ1) is 16.9. The molecule has 176 valence electrons. The van der Waals surface area contributed by atoms with E-state index < -0.39 is 35.1 Å². The van der Waals surface area contributed by atoms with Gasteiger partial charge in [-0.3, -0.25) is 24.5 Å². The van der Waals surface area contributed by atoms with Crippen molar-refractivity contribution in [2.45, 2.75) is 6.42 Å². The van der Waals surface area contributed by atoms with Crippen molar-refractivity contribution in [3.8, 4) is 0 Å². The van der Waals surface area contributed by atoms with Crippen LogP contribution in [0.15, 0.2) is 60.7 Å². The number of ketones is 1. The number of anilines is 1. The van der Waals surface area contributed by atoms with E-state index in [9.17, 15) is 29.3 Å². The van der Waals surface area contributed by atoms with Gasteiger partial charge >= 0.3 is 5.97 Å². The minimum absolute atomic E-state index is 0.00477. The van der Waals surface area contributed by atoms with E-state index in [4.69, 9.17) is 4.74 Å². The lowest BCUT2D eigenvalue weighted by Crippen LogP contribution is -2.40. The molecule has 2 saturated carbocycles. The molecule has 0 N–H and O–H groups in total. The summed E-state index contributed by atoms with van der Waals surface area (Å²) in [5, 5.41) is 10.9. The number of carbonyl (C=O) groups excluding carboxylic acids is 4. The summed E-state index contributed by atoms with van der Waals surface area (Å²) in [5.74, 6) is -1.83. The van der Waals surface area contributed by atoms with Gasteiger partial charge in [0.2, 0.25) is 17.6 Å². The fourth-order valence-corrected chi connectivity index (χ4v) is 6.12. The van der Waals surface area contributed by atoms with Crippen LogP contribution in [0.1, 0.15) is 27.1 Å². The monoisotopic (exact) mass is 472 g/mol. The Balaban J connectivity index is 1.22. The number of allylic oxidation sites excluding steroid dienone is 2. The lowest BCUT2D eigenvalue weighted by molar-refractivity contribution is -0.384. The Kier molecular flexibility index (Phi) is 4.70. The van der Waals surface area contributed by atoms with Crippen molar-refractivity contribution >= 4 is 34.9 Å². The van der Waals surface area contributed by atoms with Crippen LogP contribution in [-0.4, -0.2) is 35.1 Å². The first-order valence-electron chi connectivity index (χ1n) is 11.5. The molecule has 5 aliphatic rings. The molecule has 2 aromatic rings. The van der Waals surface area contributed by atoms with Gasteiger partial charge in [-0.25, -0.2) is 9.69 Å². The van der Waals surface area contributed by atoms with Gasteiger partial charge < -0.3 is 4.74 Å². The second-order valence-corrected chi connectivity index (χ2v) is 9.49. The van der Waals surface area contributed by atoms with Crippen LogP contribution in [0.25, 0.3) is 0 Å². The number of amides is 2. The van der Waals surface area contributed by atoms with Crippen LogP contribution in [0.4, 0.5) is 11.4 Å². The number of hydrogen-bond donors (Lipinski definition) is 0. The summed E-state index contributed by atoms with van der Waals surface area (Å²) in [6.07, 6.45) is 5.21. The molecular formula is C26H20N2O7. The first kappa shape index (κ1) is 21.4. The fourth-order valence-electron chi connectivity index (χ4n) is 6.12. The maximum atomic E-state index is 13.4. The smallest absolute Gasteiger partial charge is 0.340 e. The van der Waals surface area contributed by atoms with Crippen LogP contribution >= 0.6 is 0 Å². The molecule has 0 radical (unpaired) electrons. The number of rotatable bonds is 6. The summed E-state index contributed by atoms with van der Waals surface area (Å²) >= 11 is 0. The van der Waals surface area contributed by atoms with E-state index in [1.807, 2.05) is 0 Å². The second-order valence-electron chi connectivity index (χ2n) is 9.49. The van der Waals surface area contributed by atoms with Crippen molar-refractivity contribution in [1.82, 2.24) is 0 Å². The Morgan fingerprint density at radius 2 is 1.63 bits per heavy atom. The number of imide groups is 1. The summed E-state index contributed by atoms with van der Waals surface area (Å²) in [5.41, 5.74) is -0.0557. The molecule has 4 aliphatic carbocycles.